The highest BCUT2D eigenvalue weighted by molar-refractivity contribution is 6.19. The molecule has 140 valence electrons. The fourth-order valence-electron chi connectivity index (χ4n) is 3.01. The van der Waals surface area contributed by atoms with E-state index in [2.05, 4.69) is 4.98 Å². The molecule has 0 aliphatic carbocycles. The van der Waals surface area contributed by atoms with Crippen LogP contribution < -0.4 is 10.5 Å². The van der Waals surface area contributed by atoms with Crippen LogP contribution in [0.15, 0.2) is 59.5 Å². The third kappa shape index (κ3) is 3.27. The van der Waals surface area contributed by atoms with Crippen molar-refractivity contribution in [2.45, 2.75) is 19.4 Å². The summed E-state index contributed by atoms with van der Waals surface area (Å²) in [5, 5.41) is 0. The molecule has 1 aliphatic heterocycles. The first-order chi connectivity index (χ1) is 13.5. The summed E-state index contributed by atoms with van der Waals surface area (Å²) in [5.41, 5.74) is 1.23. The minimum atomic E-state index is -0.597. The van der Waals surface area contributed by atoms with Crippen LogP contribution >= 0.6 is 0 Å². The number of esters is 1. The molecule has 28 heavy (non-hydrogen) atoms. The molecule has 4 rings (SSSR count). The van der Waals surface area contributed by atoms with Crippen LogP contribution in [0.3, 0.4) is 0 Å². The van der Waals surface area contributed by atoms with E-state index in [9.17, 15) is 19.2 Å². The fourth-order valence-corrected chi connectivity index (χ4v) is 3.01. The van der Waals surface area contributed by atoms with Gasteiger partial charge < -0.3 is 4.74 Å². The van der Waals surface area contributed by atoms with Crippen molar-refractivity contribution in [3.8, 4) is 0 Å². The van der Waals surface area contributed by atoms with E-state index in [-0.39, 0.29) is 42.4 Å². The highest BCUT2D eigenvalue weighted by atomic mass is 16.5. The van der Waals surface area contributed by atoms with E-state index in [1.165, 1.54) is 34.7 Å². The first-order valence-electron chi connectivity index (χ1n) is 8.63. The number of imide groups is 1. The molecule has 2 aromatic heterocycles. The Balaban J connectivity index is 1.46. The molecular formula is C20H15N3O5. The fraction of sp³-hybridized carbons (Fsp3) is 0.150. The molecule has 1 fully saturated rings. The third-order valence-corrected chi connectivity index (χ3v) is 4.39. The summed E-state index contributed by atoms with van der Waals surface area (Å²) in [6.45, 7) is -0.148. The van der Waals surface area contributed by atoms with E-state index in [0.29, 0.717) is 17.0 Å². The number of nitrogens with zero attached hydrogens (tertiary/aromatic N) is 3. The Hall–Kier alpha value is -3.81. The molecular weight excluding hydrogens is 362 g/mol. The number of ether oxygens (including phenoxy) is 1. The van der Waals surface area contributed by atoms with E-state index < -0.39 is 5.97 Å². The lowest BCUT2D eigenvalue weighted by atomic mass is 10.2. The van der Waals surface area contributed by atoms with Gasteiger partial charge in [-0.05, 0) is 36.4 Å². The predicted octanol–water partition coefficient (Wildman–Crippen LogP) is 1.70. The lowest BCUT2D eigenvalue weighted by Gasteiger charge is -2.14. The van der Waals surface area contributed by atoms with Gasteiger partial charge in [0.2, 0.25) is 11.8 Å². The second-order valence-electron chi connectivity index (χ2n) is 6.26. The summed E-state index contributed by atoms with van der Waals surface area (Å²) >= 11 is 0. The third-order valence-electron chi connectivity index (χ3n) is 4.39. The predicted molar refractivity (Wildman–Crippen MR) is 98.8 cm³/mol. The molecule has 2 amide bonds. The van der Waals surface area contributed by atoms with Gasteiger partial charge >= 0.3 is 5.97 Å². The summed E-state index contributed by atoms with van der Waals surface area (Å²) < 4.78 is 6.62. The second kappa shape index (κ2) is 7.07. The van der Waals surface area contributed by atoms with Crippen LogP contribution in [0, 0.1) is 0 Å². The SMILES string of the molecule is O=C(OCc1cc(=O)n2ccccc2n1)c1ccc(N2C(=O)CCC2=O)cc1. The van der Waals surface area contributed by atoms with Crippen LogP contribution in [0.4, 0.5) is 5.69 Å². The largest absolute Gasteiger partial charge is 0.456 e. The van der Waals surface area contributed by atoms with E-state index in [4.69, 9.17) is 4.74 Å². The van der Waals surface area contributed by atoms with Crippen LogP contribution in [0.5, 0.6) is 0 Å². The molecule has 0 bridgehead atoms. The van der Waals surface area contributed by atoms with E-state index >= 15 is 0 Å². The van der Waals surface area contributed by atoms with Gasteiger partial charge in [0.25, 0.3) is 5.56 Å². The van der Waals surface area contributed by atoms with Crippen molar-refractivity contribution in [2.75, 3.05) is 4.90 Å². The summed E-state index contributed by atoms with van der Waals surface area (Å²) in [7, 11) is 0. The number of amides is 2. The lowest BCUT2D eigenvalue weighted by molar-refractivity contribution is -0.121. The van der Waals surface area contributed by atoms with Gasteiger partial charge in [0.15, 0.2) is 0 Å². The van der Waals surface area contributed by atoms with Crippen LogP contribution in [-0.4, -0.2) is 27.2 Å². The standard InChI is InChI=1S/C20H15N3O5/c24-17-8-9-18(25)23(17)15-6-4-13(5-7-15)20(27)28-12-14-11-19(26)22-10-2-1-3-16(22)21-14/h1-7,10-11H,8-9,12H2. The van der Waals surface area contributed by atoms with Crippen molar-refractivity contribution in [1.82, 2.24) is 9.38 Å². The van der Waals surface area contributed by atoms with Crippen LogP contribution in [0.25, 0.3) is 5.65 Å². The van der Waals surface area contributed by atoms with Crippen molar-refractivity contribution in [3.05, 3.63) is 76.3 Å². The minimum Gasteiger partial charge on any atom is -0.456 e. The van der Waals surface area contributed by atoms with Gasteiger partial charge in [-0.25, -0.2) is 9.78 Å². The van der Waals surface area contributed by atoms with Gasteiger partial charge in [-0.15, -0.1) is 0 Å². The van der Waals surface area contributed by atoms with E-state index in [1.54, 1.807) is 24.4 Å². The topological polar surface area (TPSA) is 98.1 Å². The van der Waals surface area contributed by atoms with Gasteiger partial charge in [-0.1, -0.05) is 6.07 Å². The van der Waals surface area contributed by atoms with Crippen molar-refractivity contribution in [1.29, 1.82) is 0 Å². The number of carbonyl (C=O) groups excluding carboxylic acids is 3. The van der Waals surface area contributed by atoms with Crippen LogP contribution in [0.2, 0.25) is 0 Å². The van der Waals surface area contributed by atoms with Crippen molar-refractivity contribution in [3.63, 3.8) is 0 Å². The Morgan fingerprint density at radius 3 is 2.43 bits per heavy atom. The maximum absolute atomic E-state index is 12.2. The quantitative estimate of drug-likeness (QED) is 0.507. The maximum atomic E-state index is 12.2. The molecule has 3 heterocycles. The normalized spacial score (nSPS) is 13.9. The second-order valence-corrected chi connectivity index (χ2v) is 6.26. The number of hydrogen-bond acceptors (Lipinski definition) is 6. The zero-order chi connectivity index (χ0) is 19.7. The van der Waals surface area contributed by atoms with Gasteiger partial charge in [0.1, 0.15) is 12.3 Å². The van der Waals surface area contributed by atoms with E-state index in [0.717, 1.165) is 4.90 Å². The zero-order valence-corrected chi connectivity index (χ0v) is 14.7. The number of fused-ring (bicyclic) bond motifs is 1. The highest BCUT2D eigenvalue weighted by Crippen LogP contribution is 2.23. The average Bonchev–Trinajstić information content (AvgIpc) is 3.04. The Bertz CT molecular complexity index is 1130. The molecule has 1 aromatic carbocycles. The number of carbonyl (C=O) groups is 3. The molecule has 0 spiro atoms. The zero-order valence-electron chi connectivity index (χ0n) is 14.7. The van der Waals surface area contributed by atoms with Gasteiger partial charge in [-0.3, -0.25) is 23.7 Å². The summed E-state index contributed by atoms with van der Waals surface area (Å²) in [6.07, 6.45) is 2.00. The molecule has 0 radical (unpaired) electrons. The number of anilines is 1. The number of aromatic nitrogens is 2. The van der Waals surface area contributed by atoms with Crippen molar-refractivity contribution in [2.24, 2.45) is 0 Å². The molecule has 1 saturated heterocycles. The van der Waals surface area contributed by atoms with Gasteiger partial charge in [0.05, 0.1) is 16.9 Å². The summed E-state index contributed by atoms with van der Waals surface area (Å²) in [6, 6.07) is 12.5. The van der Waals surface area contributed by atoms with Crippen LogP contribution in [0.1, 0.15) is 28.9 Å². The molecule has 0 saturated carbocycles. The lowest BCUT2D eigenvalue weighted by Crippen LogP contribution is -2.28. The molecule has 8 heteroatoms. The number of benzene rings is 1. The summed E-state index contributed by atoms with van der Waals surface area (Å²) in [4.78, 5) is 53.2. The Morgan fingerprint density at radius 2 is 1.71 bits per heavy atom. The maximum Gasteiger partial charge on any atom is 0.338 e. The van der Waals surface area contributed by atoms with Gasteiger partial charge in [0, 0.05) is 25.1 Å². The monoisotopic (exact) mass is 377 g/mol. The molecule has 0 unspecified atom stereocenters. The first kappa shape index (κ1) is 17.6. The summed E-state index contributed by atoms with van der Waals surface area (Å²) in [5.74, 6) is -1.11. The number of rotatable bonds is 4. The molecule has 8 nitrogen and oxygen atoms in total. The number of pyridine rings is 1. The molecule has 3 aromatic rings. The molecule has 0 N–H and O–H groups in total. The molecule has 0 atom stereocenters. The number of hydrogen-bond donors (Lipinski definition) is 0. The highest BCUT2D eigenvalue weighted by Gasteiger charge is 2.30. The first-order valence-corrected chi connectivity index (χ1v) is 8.63. The smallest absolute Gasteiger partial charge is 0.338 e. The van der Waals surface area contributed by atoms with Gasteiger partial charge in [-0.2, -0.15) is 0 Å². The minimum absolute atomic E-state index is 0.148. The Labute approximate surface area is 159 Å². The van der Waals surface area contributed by atoms with E-state index in [1.807, 2.05) is 0 Å². The van der Waals surface area contributed by atoms with Crippen LogP contribution in [-0.2, 0) is 20.9 Å². The Morgan fingerprint density at radius 1 is 1.00 bits per heavy atom. The van der Waals surface area contributed by atoms with Crippen molar-refractivity contribution >= 4 is 29.1 Å². The molecule has 1 aliphatic rings. The average molecular weight is 377 g/mol. The Kier molecular flexibility index (Phi) is 4.44. The van der Waals surface area contributed by atoms with Crippen molar-refractivity contribution < 1.29 is 19.1 Å².